The van der Waals surface area contributed by atoms with Crippen LogP contribution < -0.4 is 10.6 Å². The summed E-state index contributed by atoms with van der Waals surface area (Å²) >= 11 is 0. The van der Waals surface area contributed by atoms with Gasteiger partial charge in [0.2, 0.25) is 11.8 Å². The molecule has 3 N–H and O–H groups in total. The lowest BCUT2D eigenvalue weighted by Gasteiger charge is -2.25. The van der Waals surface area contributed by atoms with Gasteiger partial charge in [-0.1, -0.05) is 43.5 Å². The molecule has 1 aliphatic carbocycles. The number of carbonyl (C=O) groups is 2. The highest BCUT2D eigenvalue weighted by Gasteiger charge is 2.26. The molecular weight excluding hydrogens is 352 g/mol. The first-order valence-electron chi connectivity index (χ1n) is 10.4. The Bertz CT molecular complexity index is 887. The van der Waals surface area contributed by atoms with Crippen LogP contribution >= 0.6 is 0 Å². The smallest absolute Gasteiger partial charge is 0.227 e. The average Bonchev–Trinajstić information content (AvgIpc) is 2.68. The summed E-state index contributed by atoms with van der Waals surface area (Å²) in [6.07, 6.45) is 7.26. The van der Waals surface area contributed by atoms with Gasteiger partial charge >= 0.3 is 0 Å². The van der Waals surface area contributed by atoms with Crippen molar-refractivity contribution in [2.75, 3.05) is 5.32 Å². The summed E-state index contributed by atoms with van der Waals surface area (Å²) in [6, 6.07) is 10.3. The van der Waals surface area contributed by atoms with Crippen molar-refractivity contribution < 1.29 is 14.7 Å². The number of aliphatic hydroxyl groups is 1. The van der Waals surface area contributed by atoms with Crippen LogP contribution in [0.2, 0.25) is 0 Å². The molecule has 2 amide bonds. The van der Waals surface area contributed by atoms with Crippen LogP contribution in [0.4, 0.5) is 5.69 Å². The molecule has 2 aliphatic rings. The first kappa shape index (κ1) is 18.9. The zero-order valence-electron chi connectivity index (χ0n) is 16.2. The van der Waals surface area contributed by atoms with E-state index in [0.29, 0.717) is 18.2 Å². The topological polar surface area (TPSA) is 78.4 Å². The Hall–Kier alpha value is -2.40. The highest BCUT2D eigenvalue weighted by molar-refractivity contribution is 6.01. The van der Waals surface area contributed by atoms with Crippen LogP contribution in [0.5, 0.6) is 0 Å². The molecule has 5 nitrogen and oxygen atoms in total. The van der Waals surface area contributed by atoms with E-state index in [1.807, 2.05) is 24.3 Å². The molecule has 5 heteroatoms. The number of benzene rings is 2. The maximum atomic E-state index is 12.3. The van der Waals surface area contributed by atoms with Gasteiger partial charge < -0.3 is 15.7 Å². The van der Waals surface area contributed by atoms with Crippen molar-refractivity contribution >= 4 is 28.3 Å². The van der Waals surface area contributed by atoms with Crippen molar-refractivity contribution in [2.45, 2.75) is 69.9 Å². The van der Waals surface area contributed by atoms with E-state index in [4.69, 9.17) is 0 Å². The minimum Gasteiger partial charge on any atom is -0.388 e. The Balaban J connectivity index is 1.47. The maximum Gasteiger partial charge on any atom is 0.227 e. The third-order valence-corrected chi connectivity index (χ3v) is 5.98. The largest absolute Gasteiger partial charge is 0.388 e. The van der Waals surface area contributed by atoms with E-state index in [2.05, 4.69) is 16.7 Å². The van der Waals surface area contributed by atoms with Gasteiger partial charge in [-0.15, -0.1) is 0 Å². The van der Waals surface area contributed by atoms with Crippen molar-refractivity contribution in [1.82, 2.24) is 5.32 Å². The number of nitrogens with one attached hydrogen (secondary N) is 2. The molecule has 4 rings (SSSR count). The molecule has 0 bridgehead atoms. The minimum atomic E-state index is -0.789. The summed E-state index contributed by atoms with van der Waals surface area (Å²) in [5.41, 5.74) is 2.62. The number of anilines is 1. The van der Waals surface area contributed by atoms with Crippen molar-refractivity contribution in [3.05, 3.63) is 41.5 Å². The molecule has 148 valence electrons. The summed E-state index contributed by atoms with van der Waals surface area (Å²) < 4.78 is 0. The third-order valence-electron chi connectivity index (χ3n) is 5.98. The van der Waals surface area contributed by atoms with Gasteiger partial charge in [-0.2, -0.15) is 0 Å². The highest BCUT2D eigenvalue weighted by Crippen LogP contribution is 2.38. The van der Waals surface area contributed by atoms with E-state index < -0.39 is 6.10 Å². The zero-order chi connectivity index (χ0) is 19.5. The predicted octanol–water partition coefficient (Wildman–Crippen LogP) is 3.99. The fourth-order valence-electron chi connectivity index (χ4n) is 4.61. The van der Waals surface area contributed by atoms with E-state index in [0.717, 1.165) is 47.6 Å². The van der Waals surface area contributed by atoms with E-state index in [1.54, 1.807) is 0 Å². The summed E-state index contributed by atoms with van der Waals surface area (Å²) in [5, 5.41) is 18.6. The summed E-state index contributed by atoms with van der Waals surface area (Å²) in [6.45, 7) is 0. The van der Waals surface area contributed by atoms with Gasteiger partial charge in [0.05, 0.1) is 12.5 Å². The SMILES string of the molecule is O=C1CC(O)c2c(ccc3cccc(CCCC(=O)NC4CCCCC4)c23)N1. The van der Waals surface area contributed by atoms with Gasteiger partial charge in [-0.25, -0.2) is 0 Å². The third kappa shape index (κ3) is 4.04. The molecule has 2 aromatic rings. The molecular formula is C23H28N2O3. The van der Waals surface area contributed by atoms with Crippen LogP contribution in [0.1, 0.15) is 68.6 Å². The lowest BCUT2D eigenvalue weighted by Crippen LogP contribution is -2.36. The number of carbonyl (C=O) groups excluding carboxylic acids is 2. The second-order valence-electron chi connectivity index (χ2n) is 8.07. The number of amides is 2. The molecule has 1 saturated carbocycles. The summed E-state index contributed by atoms with van der Waals surface area (Å²) in [5.74, 6) is -0.0160. The van der Waals surface area contributed by atoms with Crippen molar-refractivity contribution in [3.8, 4) is 0 Å². The molecule has 2 aromatic carbocycles. The minimum absolute atomic E-state index is 0.0875. The predicted molar refractivity (Wildman–Crippen MR) is 110 cm³/mol. The molecule has 28 heavy (non-hydrogen) atoms. The van der Waals surface area contributed by atoms with Gasteiger partial charge in [-0.3, -0.25) is 9.59 Å². The van der Waals surface area contributed by atoms with E-state index >= 15 is 0 Å². The average molecular weight is 380 g/mol. The molecule has 1 heterocycles. The molecule has 1 unspecified atom stereocenters. The number of rotatable bonds is 5. The number of aryl methyl sites for hydroxylation is 1. The lowest BCUT2D eigenvalue weighted by molar-refractivity contribution is -0.122. The van der Waals surface area contributed by atoms with Crippen LogP contribution in [-0.4, -0.2) is 23.0 Å². The van der Waals surface area contributed by atoms with E-state index in [9.17, 15) is 14.7 Å². The van der Waals surface area contributed by atoms with Crippen LogP contribution in [0.3, 0.4) is 0 Å². The lowest BCUT2D eigenvalue weighted by atomic mass is 9.89. The Morgan fingerprint density at radius 2 is 1.96 bits per heavy atom. The number of hydrogen-bond donors (Lipinski definition) is 3. The molecule has 0 saturated heterocycles. The second-order valence-corrected chi connectivity index (χ2v) is 8.07. The van der Waals surface area contributed by atoms with Crippen molar-refractivity contribution in [1.29, 1.82) is 0 Å². The molecule has 0 radical (unpaired) electrons. The summed E-state index contributed by atoms with van der Waals surface area (Å²) in [7, 11) is 0. The monoisotopic (exact) mass is 380 g/mol. The van der Waals surface area contributed by atoms with Gasteiger partial charge in [-0.05, 0) is 48.1 Å². The fourth-order valence-corrected chi connectivity index (χ4v) is 4.61. The Morgan fingerprint density at radius 3 is 2.79 bits per heavy atom. The highest BCUT2D eigenvalue weighted by atomic mass is 16.3. The van der Waals surface area contributed by atoms with Gasteiger partial charge in [0.1, 0.15) is 0 Å². The van der Waals surface area contributed by atoms with Crippen molar-refractivity contribution in [2.24, 2.45) is 0 Å². The Kier molecular flexibility index (Phi) is 5.62. The maximum absolute atomic E-state index is 12.3. The molecule has 1 atom stereocenters. The molecule has 1 aliphatic heterocycles. The molecule has 1 fully saturated rings. The molecule has 0 aromatic heterocycles. The standard InChI is InChI=1S/C23H28N2O3/c26-19-14-21(28)25-18-13-12-16-7-4-6-15(22(16)23(18)19)8-5-11-20(27)24-17-9-2-1-3-10-17/h4,6-7,12-13,17,19,26H,1-3,5,8-11,14H2,(H,24,27)(H,25,28). The first-order chi connectivity index (χ1) is 13.6. The quantitative estimate of drug-likeness (QED) is 0.734. The van der Waals surface area contributed by atoms with Crippen molar-refractivity contribution in [3.63, 3.8) is 0 Å². The summed E-state index contributed by atoms with van der Waals surface area (Å²) in [4.78, 5) is 24.0. The zero-order valence-corrected chi connectivity index (χ0v) is 16.2. The normalized spacial score (nSPS) is 19.9. The first-order valence-corrected chi connectivity index (χ1v) is 10.4. The number of hydrogen-bond acceptors (Lipinski definition) is 3. The van der Waals surface area contributed by atoms with Crippen LogP contribution in [0.25, 0.3) is 10.8 Å². The molecule has 0 spiro atoms. The number of aliphatic hydroxyl groups excluding tert-OH is 1. The number of fused-ring (bicyclic) bond motifs is 3. The second kappa shape index (κ2) is 8.31. The van der Waals surface area contributed by atoms with Gasteiger partial charge in [0.25, 0.3) is 0 Å². The Morgan fingerprint density at radius 1 is 1.14 bits per heavy atom. The van der Waals surface area contributed by atoms with Crippen LogP contribution in [-0.2, 0) is 16.0 Å². The fraction of sp³-hybridized carbons (Fsp3) is 0.478. The van der Waals surface area contributed by atoms with Gasteiger partial charge in [0, 0.05) is 23.7 Å². The Labute approximate surface area is 165 Å². The van der Waals surface area contributed by atoms with Crippen LogP contribution in [0, 0.1) is 0 Å². The van der Waals surface area contributed by atoms with E-state index in [1.165, 1.54) is 19.3 Å². The van der Waals surface area contributed by atoms with E-state index in [-0.39, 0.29) is 18.2 Å². The van der Waals surface area contributed by atoms with Crippen LogP contribution in [0.15, 0.2) is 30.3 Å². The van der Waals surface area contributed by atoms with Gasteiger partial charge in [0.15, 0.2) is 0 Å².